The van der Waals surface area contributed by atoms with Gasteiger partial charge in [0.1, 0.15) is 11.6 Å². The Labute approximate surface area is 148 Å². The van der Waals surface area contributed by atoms with Gasteiger partial charge in [0.25, 0.3) is 0 Å². The first-order valence-corrected chi connectivity index (χ1v) is 8.82. The van der Waals surface area contributed by atoms with Crippen molar-refractivity contribution < 1.29 is 13.5 Å². The molecule has 3 heteroatoms. The van der Waals surface area contributed by atoms with Gasteiger partial charge in [-0.15, -0.1) is 6.58 Å². The summed E-state index contributed by atoms with van der Waals surface area (Å²) in [6.07, 6.45) is 6.46. The maximum absolute atomic E-state index is 14.3. The highest BCUT2D eigenvalue weighted by atomic mass is 19.1. The predicted octanol–water partition coefficient (Wildman–Crippen LogP) is 6.24. The summed E-state index contributed by atoms with van der Waals surface area (Å²) in [6.45, 7) is 3.83. The molecular formula is C22H24F2O. The van der Waals surface area contributed by atoms with E-state index >= 15 is 0 Å². The minimum absolute atomic E-state index is 0.0183. The minimum Gasteiger partial charge on any atom is -0.380 e. The first-order valence-electron chi connectivity index (χ1n) is 8.82. The van der Waals surface area contributed by atoms with E-state index in [1.807, 2.05) is 24.3 Å². The fourth-order valence-corrected chi connectivity index (χ4v) is 3.82. The summed E-state index contributed by atoms with van der Waals surface area (Å²) in [6, 6.07) is 10.8. The Bertz CT molecular complexity index is 722. The molecule has 3 rings (SSSR count). The smallest absolute Gasteiger partial charge is 0.132 e. The maximum atomic E-state index is 14.3. The molecule has 0 spiro atoms. The third-order valence-corrected chi connectivity index (χ3v) is 5.25. The van der Waals surface area contributed by atoms with Gasteiger partial charge in [0.2, 0.25) is 0 Å². The van der Waals surface area contributed by atoms with E-state index in [9.17, 15) is 8.78 Å². The molecule has 0 atom stereocenters. The summed E-state index contributed by atoms with van der Waals surface area (Å²) < 4.78 is 33.5. The second-order valence-electron chi connectivity index (χ2n) is 6.79. The van der Waals surface area contributed by atoms with Crippen LogP contribution in [0.15, 0.2) is 49.1 Å². The Morgan fingerprint density at radius 1 is 1.08 bits per heavy atom. The Kier molecular flexibility index (Phi) is 5.64. The Morgan fingerprint density at radius 2 is 1.72 bits per heavy atom. The fraction of sp³-hybridized carbons (Fsp3) is 0.364. The van der Waals surface area contributed by atoms with Gasteiger partial charge in [-0.05, 0) is 66.3 Å². The van der Waals surface area contributed by atoms with Crippen LogP contribution >= 0.6 is 0 Å². The van der Waals surface area contributed by atoms with Gasteiger partial charge in [0.15, 0.2) is 0 Å². The summed E-state index contributed by atoms with van der Waals surface area (Å²) in [5.41, 5.74) is 2.68. The third-order valence-electron chi connectivity index (χ3n) is 5.25. The molecule has 1 aliphatic carbocycles. The number of halogens is 2. The monoisotopic (exact) mass is 342 g/mol. The molecule has 0 amide bonds. The van der Waals surface area contributed by atoms with Crippen molar-refractivity contribution in [2.75, 3.05) is 7.11 Å². The molecule has 0 bridgehead atoms. The van der Waals surface area contributed by atoms with E-state index in [4.69, 9.17) is 4.74 Å². The van der Waals surface area contributed by atoms with Gasteiger partial charge >= 0.3 is 0 Å². The number of ether oxygens (including phenoxy) is 1. The standard InChI is InChI=1S/C22H24F2O/c1-3-15-8-10-16(11-9-15)18-6-4-5-7-19(18)17-12-21(23)20(14-25-2)22(24)13-17/h3-7,12-13,15-16H,1,8-11,14H2,2H3/t15-,16-. The summed E-state index contributed by atoms with van der Waals surface area (Å²) in [4.78, 5) is 0. The highest BCUT2D eigenvalue weighted by Gasteiger charge is 2.23. The molecule has 2 aromatic rings. The lowest BCUT2D eigenvalue weighted by Gasteiger charge is -2.28. The number of allylic oxidation sites excluding steroid dienone is 1. The first kappa shape index (κ1) is 17.8. The molecule has 0 heterocycles. The van der Waals surface area contributed by atoms with Crippen LogP contribution in [0.2, 0.25) is 0 Å². The van der Waals surface area contributed by atoms with E-state index < -0.39 is 11.6 Å². The molecule has 0 radical (unpaired) electrons. The molecule has 1 saturated carbocycles. The minimum atomic E-state index is -0.554. The SMILES string of the molecule is C=C[C@H]1CC[C@H](c2ccccc2-c2cc(F)c(COC)c(F)c2)CC1. The van der Waals surface area contributed by atoms with Crippen LogP contribution in [-0.4, -0.2) is 7.11 Å². The first-order chi connectivity index (χ1) is 12.1. The molecule has 0 unspecified atom stereocenters. The lowest BCUT2D eigenvalue weighted by atomic mass is 9.77. The van der Waals surface area contributed by atoms with Gasteiger partial charge < -0.3 is 4.74 Å². The second kappa shape index (κ2) is 7.92. The van der Waals surface area contributed by atoms with Crippen molar-refractivity contribution in [3.63, 3.8) is 0 Å². The van der Waals surface area contributed by atoms with Crippen LogP contribution < -0.4 is 0 Å². The topological polar surface area (TPSA) is 9.23 Å². The van der Waals surface area contributed by atoms with E-state index in [2.05, 4.69) is 12.6 Å². The summed E-state index contributed by atoms with van der Waals surface area (Å²) in [5.74, 6) is -0.0900. The number of rotatable bonds is 5. The third kappa shape index (κ3) is 3.82. The predicted molar refractivity (Wildman–Crippen MR) is 97.4 cm³/mol. The Morgan fingerprint density at radius 3 is 2.32 bits per heavy atom. The molecule has 1 aliphatic rings. The summed E-state index contributed by atoms with van der Waals surface area (Å²) >= 11 is 0. The Balaban J connectivity index is 1.95. The van der Waals surface area contributed by atoms with Crippen LogP contribution in [-0.2, 0) is 11.3 Å². The van der Waals surface area contributed by atoms with Crippen LogP contribution in [0.3, 0.4) is 0 Å². The number of hydrogen-bond donors (Lipinski definition) is 0. The van der Waals surface area contributed by atoms with Crippen LogP contribution in [0.25, 0.3) is 11.1 Å². The second-order valence-corrected chi connectivity index (χ2v) is 6.79. The quantitative estimate of drug-likeness (QED) is 0.585. The Hall–Kier alpha value is -2.00. The number of hydrogen-bond acceptors (Lipinski definition) is 1. The lowest BCUT2D eigenvalue weighted by Crippen LogP contribution is -2.12. The van der Waals surface area contributed by atoms with Gasteiger partial charge in [-0.3, -0.25) is 0 Å². The van der Waals surface area contributed by atoms with Crippen molar-refractivity contribution in [3.8, 4) is 11.1 Å². The van der Waals surface area contributed by atoms with Crippen molar-refractivity contribution in [1.82, 2.24) is 0 Å². The van der Waals surface area contributed by atoms with Gasteiger partial charge in [-0.1, -0.05) is 30.3 Å². The van der Waals surface area contributed by atoms with Gasteiger partial charge in [0, 0.05) is 12.7 Å². The summed E-state index contributed by atoms with van der Waals surface area (Å²) in [7, 11) is 1.43. The largest absolute Gasteiger partial charge is 0.380 e. The van der Waals surface area contributed by atoms with Crippen LogP contribution in [0.4, 0.5) is 8.78 Å². The zero-order valence-corrected chi connectivity index (χ0v) is 14.6. The van der Waals surface area contributed by atoms with E-state index in [-0.39, 0.29) is 12.2 Å². The summed E-state index contributed by atoms with van der Waals surface area (Å²) in [5, 5.41) is 0. The molecular weight excluding hydrogens is 318 g/mol. The molecule has 1 nitrogen and oxygen atoms in total. The highest BCUT2D eigenvalue weighted by Crippen LogP contribution is 2.40. The van der Waals surface area contributed by atoms with Crippen LogP contribution in [0.1, 0.15) is 42.7 Å². The maximum Gasteiger partial charge on any atom is 0.132 e. The van der Waals surface area contributed by atoms with Gasteiger partial charge in [0.05, 0.1) is 6.61 Å². The molecule has 1 fully saturated rings. The van der Waals surface area contributed by atoms with Crippen molar-refractivity contribution in [2.45, 2.75) is 38.2 Å². The molecule has 25 heavy (non-hydrogen) atoms. The van der Waals surface area contributed by atoms with Crippen LogP contribution in [0.5, 0.6) is 0 Å². The van der Waals surface area contributed by atoms with Crippen molar-refractivity contribution in [1.29, 1.82) is 0 Å². The van der Waals surface area contributed by atoms with E-state index in [0.717, 1.165) is 31.2 Å². The zero-order valence-electron chi connectivity index (χ0n) is 14.6. The number of benzene rings is 2. The number of methoxy groups -OCH3 is 1. The van der Waals surface area contributed by atoms with Crippen molar-refractivity contribution in [2.24, 2.45) is 5.92 Å². The van der Waals surface area contributed by atoms with Gasteiger partial charge in [-0.2, -0.15) is 0 Å². The molecule has 0 aliphatic heterocycles. The average molecular weight is 342 g/mol. The molecule has 0 N–H and O–H groups in total. The zero-order chi connectivity index (χ0) is 17.8. The van der Waals surface area contributed by atoms with E-state index in [1.165, 1.54) is 24.8 Å². The average Bonchev–Trinajstić information content (AvgIpc) is 2.64. The molecule has 0 saturated heterocycles. The lowest BCUT2D eigenvalue weighted by molar-refractivity contribution is 0.177. The normalized spacial score (nSPS) is 20.4. The fourth-order valence-electron chi connectivity index (χ4n) is 3.82. The van der Waals surface area contributed by atoms with E-state index in [1.54, 1.807) is 0 Å². The molecule has 132 valence electrons. The molecule has 0 aromatic heterocycles. The van der Waals surface area contributed by atoms with Crippen molar-refractivity contribution in [3.05, 3.63) is 71.8 Å². The molecule has 2 aromatic carbocycles. The van der Waals surface area contributed by atoms with Gasteiger partial charge in [-0.25, -0.2) is 8.78 Å². The van der Waals surface area contributed by atoms with E-state index in [0.29, 0.717) is 17.4 Å². The van der Waals surface area contributed by atoms with Crippen LogP contribution in [0, 0.1) is 17.6 Å². The van der Waals surface area contributed by atoms with Crippen molar-refractivity contribution >= 4 is 0 Å². The highest BCUT2D eigenvalue weighted by molar-refractivity contribution is 5.68.